The van der Waals surface area contributed by atoms with Gasteiger partial charge in [-0.2, -0.15) is 4.98 Å². The molecule has 1 aromatic heterocycles. The number of anilines is 4. The number of likely N-dealkylation sites (tertiary alicyclic amines) is 2. The zero-order valence-electron chi connectivity index (χ0n) is 31.0. The average Bonchev–Trinajstić information content (AvgIpc) is 3.09. The molecule has 15 heteroatoms. The summed E-state index contributed by atoms with van der Waals surface area (Å²) in [6, 6.07) is 10.9. The van der Waals surface area contributed by atoms with Gasteiger partial charge in [0.05, 0.1) is 41.6 Å². The van der Waals surface area contributed by atoms with E-state index in [0.29, 0.717) is 36.3 Å². The molecule has 0 amide bonds. The number of sulfone groups is 1. The number of ether oxygens (including phenoxy) is 3. The highest BCUT2D eigenvalue weighted by atomic mass is 35.5. The van der Waals surface area contributed by atoms with E-state index in [2.05, 4.69) is 53.2 Å². The summed E-state index contributed by atoms with van der Waals surface area (Å²) in [5, 5.41) is 6.05. The van der Waals surface area contributed by atoms with E-state index in [1.807, 2.05) is 13.0 Å². The number of hydrogen-bond donors (Lipinski definition) is 2. The first-order valence-electron chi connectivity index (χ1n) is 18.1. The van der Waals surface area contributed by atoms with Crippen molar-refractivity contribution in [1.29, 1.82) is 0 Å². The number of benzene rings is 2. The van der Waals surface area contributed by atoms with E-state index in [4.69, 9.17) is 25.8 Å². The van der Waals surface area contributed by atoms with Gasteiger partial charge in [-0.25, -0.2) is 13.4 Å². The van der Waals surface area contributed by atoms with Gasteiger partial charge in [0, 0.05) is 70.9 Å². The molecule has 0 bridgehead atoms. The van der Waals surface area contributed by atoms with Crippen LogP contribution in [0.3, 0.4) is 0 Å². The van der Waals surface area contributed by atoms with Gasteiger partial charge < -0.3 is 29.7 Å². The monoisotopic (exact) mass is 756 g/mol. The average molecular weight is 757 g/mol. The van der Waals surface area contributed by atoms with Crippen molar-refractivity contribution >= 4 is 44.6 Å². The van der Waals surface area contributed by atoms with E-state index in [1.165, 1.54) is 11.8 Å². The van der Waals surface area contributed by atoms with Crippen LogP contribution in [0.1, 0.15) is 31.9 Å². The minimum Gasteiger partial charge on any atom is -0.495 e. The van der Waals surface area contributed by atoms with Gasteiger partial charge in [0.2, 0.25) is 5.95 Å². The first kappa shape index (κ1) is 38.6. The molecule has 3 aliphatic rings. The molecule has 4 heterocycles. The van der Waals surface area contributed by atoms with E-state index < -0.39 is 15.1 Å². The summed E-state index contributed by atoms with van der Waals surface area (Å²) in [4.78, 5) is 18.8. The molecular formula is C37H53ClN8O5S. The number of aryl methyl sites for hydroxylation is 1. The summed E-state index contributed by atoms with van der Waals surface area (Å²) in [5.41, 5.74) is 3.90. The van der Waals surface area contributed by atoms with E-state index in [-0.39, 0.29) is 15.7 Å². The Balaban J connectivity index is 0.967. The Kier molecular flexibility index (Phi) is 12.6. The van der Waals surface area contributed by atoms with Crippen molar-refractivity contribution in [3.63, 3.8) is 0 Å². The van der Waals surface area contributed by atoms with Gasteiger partial charge in [0.1, 0.15) is 24.2 Å². The lowest BCUT2D eigenvalue weighted by Gasteiger charge is -2.60. The molecule has 2 N–H and O–H groups in total. The first-order chi connectivity index (χ1) is 25.0. The number of methoxy groups -OCH3 is 1. The summed E-state index contributed by atoms with van der Waals surface area (Å²) in [6.07, 6.45) is 2.40. The molecule has 3 aliphatic heterocycles. The zero-order chi connectivity index (χ0) is 36.9. The topological polar surface area (TPSA) is 125 Å². The van der Waals surface area contributed by atoms with Gasteiger partial charge in [0.25, 0.3) is 0 Å². The third-order valence-corrected chi connectivity index (χ3v) is 12.6. The highest BCUT2D eigenvalue weighted by Gasteiger charge is 2.51. The second-order valence-electron chi connectivity index (χ2n) is 14.5. The Labute approximate surface area is 313 Å². The Morgan fingerprint density at radius 1 is 0.904 bits per heavy atom. The van der Waals surface area contributed by atoms with Gasteiger partial charge in [-0.05, 0) is 69.5 Å². The second-order valence-corrected chi connectivity index (χ2v) is 17.4. The lowest BCUT2D eigenvalue weighted by Crippen LogP contribution is -2.72. The van der Waals surface area contributed by atoms with Crippen LogP contribution in [0, 0.1) is 12.3 Å². The predicted molar refractivity (Wildman–Crippen MR) is 205 cm³/mol. The molecule has 0 unspecified atom stereocenters. The minimum atomic E-state index is -3.54. The minimum absolute atomic E-state index is 0.185. The fourth-order valence-electron chi connectivity index (χ4n) is 7.20. The maximum absolute atomic E-state index is 13.0. The quantitative estimate of drug-likeness (QED) is 0.196. The fourth-order valence-corrected chi connectivity index (χ4v) is 8.54. The number of para-hydroxylation sites is 1. The SMILES string of the molecule is CCOCN1CCN(COCN2CC3(CN(CCc4cc(OC)c(Nc5ncc(Cl)c(Nc6ccccc6S(=O)(=O)C(C)C)n5)cc4C)C3)C2)CC1. The van der Waals surface area contributed by atoms with Gasteiger partial charge in [0.15, 0.2) is 15.7 Å². The van der Waals surface area contributed by atoms with Crippen molar-refractivity contribution in [2.75, 3.05) is 103 Å². The van der Waals surface area contributed by atoms with Crippen LogP contribution in [-0.4, -0.2) is 136 Å². The molecule has 1 spiro atoms. The van der Waals surface area contributed by atoms with Gasteiger partial charge >= 0.3 is 0 Å². The van der Waals surface area contributed by atoms with Crippen molar-refractivity contribution in [2.24, 2.45) is 5.41 Å². The number of aromatic nitrogens is 2. The summed E-state index contributed by atoms with van der Waals surface area (Å²) in [7, 11) is -1.89. The molecular weight excluding hydrogens is 704 g/mol. The van der Waals surface area contributed by atoms with Crippen LogP contribution in [0.25, 0.3) is 0 Å². The fraction of sp³-hybridized carbons (Fsp3) is 0.568. The number of nitrogens with zero attached hydrogens (tertiary/aromatic N) is 6. The highest BCUT2D eigenvalue weighted by molar-refractivity contribution is 7.92. The lowest BCUT2D eigenvalue weighted by molar-refractivity contribution is -0.158. The van der Waals surface area contributed by atoms with Gasteiger partial charge in [-0.3, -0.25) is 14.7 Å². The van der Waals surface area contributed by atoms with Crippen LogP contribution >= 0.6 is 11.6 Å². The number of halogens is 1. The third-order valence-electron chi connectivity index (χ3n) is 10.1. The summed E-state index contributed by atoms with van der Waals surface area (Å²) >= 11 is 6.45. The largest absolute Gasteiger partial charge is 0.495 e. The van der Waals surface area contributed by atoms with Crippen molar-refractivity contribution in [1.82, 2.24) is 29.6 Å². The Morgan fingerprint density at radius 2 is 1.56 bits per heavy atom. The van der Waals surface area contributed by atoms with E-state index in [9.17, 15) is 8.42 Å². The lowest BCUT2D eigenvalue weighted by atomic mass is 9.73. The van der Waals surface area contributed by atoms with Crippen LogP contribution in [0.5, 0.6) is 5.75 Å². The molecule has 3 saturated heterocycles. The molecule has 0 atom stereocenters. The number of nitrogens with one attached hydrogen (secondary N) is 2. The van der Waals surface area contributed by atoms with Crippen molar-refractivity contribution < 1.29 is 22.6 Å². The van der Waals surface area contributed by atoms with Gasteiger partial charge in [-0.15, -0.1) is 0 Å². The van der Waals surface area contributed by atoms with Crippen LogP contribution < -0.4 is 15.4 Å². The van der Waals surface area contributed by atoms with Crippen molar-refractivity contribution in [3.8, 4) is 5.75 Å². The number of rotatable bonds is 17. The standard InChI is InChI=1S/C37H53ClN8O5S/c1-6-50-24-43-13-15-44(16-14-43)25-51-26-46-22-37(23-46)20-45(21-37)12-11-29-18-33(49-5)32(17-28(29)4)41-36-39-19-30(38)35(42-36)40-31-9-7-8-10-34(31)52(47,48)27(2)3/h7-10,17-19,27H,6,11-16,20-26H2,1-5H3,(H2,39,40,41,42). The molecule has 6 rings (SSSR count). The third kappa shape index (κ3) is 9.16. The van der Waals surface area contributed by atoms with E-state index >= 15 is 0 Å². The second kappa shape index (κ2) is 16.9. The van der Waals surface area contributed by atoms with Gasteiger partial charge in [-0.1, -0.05) is 23.7 Å². The van der Waals surface area contributed by atoms with Crippen LogP contribution in [0.2, 0.25) is 5.02 Å². The normalized spacial score (nSPS) is 18.4. The Morgan fingerprint density at radius 3 is 2.23 bits per heavy atom. The molecule has 2 aromatic carbocycles. The maximum Gasteiger partial charge on any atom is 0.229 e. The van der Waals surface area contributed by atoms with Crippen LogP contribution in [-0.2, 0) is 25.7 Å². The smallest absolute Gasteiger partial charge is 0.229 e. The first-order valence-corrected chi connectivity index (χ1v) is 20.0. The molecule has 52 heavy (non-hydrogen) atoms. The van der Waals surface area contributed by atoms with Crippen LogP contribution in [0.4, 0.5) is 23.1 Å². The summed E-state index contributed by atoms with van der Waals surface area (Å²) in [6.45, 7) is 19.9. The summed E-state index contributed by atoms with van der Waals surface area (Å²) in [5.74, 6) is 1.27. The number of piperazine rings is 1. The molecule has 3 aromatic rings. The van der Waals surface area contributed by atoms with Crippen molar-refractivity contribution in [3.05, 3.63) is 58.7 Å². The molecule has 0 saturated carbocycles. The molecule has 0 aliphatic carbocycles. The summed E-state index contributed by atoms with van der Waals surface area (Å²) < 4.78 is 43.3. The zero-order valence-corrected chi connectivity index (χ0v) is 32.6. The van der Waals surface area contributed by atoms with E-state index in [0.717, 1.165) is 89.9 Å². The van der Waals surface area contributed by atoms with E-state index in [1.54, 1.807) is 45.2 Å². The molecule has 3 fully saturated rings. The molecule has 284 valence electrons. The maximum atomic E-state index is 13.0. The highest BCUT2D eigenvalue weighted by Crippen LogP contribution is 2.40. The number of hydrogen-bond acceptors (Lipinski definition) is 13. The molecule has 0 radical (unpaired) electrons. The predicted octanol–water partition coefficient (Wildman–Crippen LogP) is 4.82. The molecule has 13 nitrogen and oxygen atoms in total. The van der Waals surface area contributed by atoms with Crippen LogP contribution in [0.15, 0.2) is 47.5 Å². The Hall–Kier alpha value is -3.08. The Bertz CT molecular complexity index is 1780. The van der Waals surface area contributed by atoms with Crippen molar-refractivity contribution in [2.45, 2.75) is 44.3 Å².